The number of nitrogens with one attached hydrogen (secondary N) is 2. The fourth-order valence-corrected chi connectivity index (χ4v) is 2.18. The Hall–Kier alpha value is -2.08. The van der Waals surface area contributed by atoms with Crippen LogP contribution in [0.4, 0.5) is 0 Å². The summed E-state index contributed by atoms with van der Waals surface area (Å²) in [7, 11) is 0. The maximum absolute atomic E-state index is 12.1. The minimum absolute atomic E-state index is 0.230. The van der Waals surface area contributed by atoms with Gasteiger partial charge in [-0.25, -0.2) is 4.79 Å². The van der Waals surface area contributed by atoms with E-state index in [0.717, 1.165) is 23.4 Å². The zero-order valence-electron chi connectivity index (χ0n) is 12.8. The molecule has 0 amide bonds. The van der Waals surface area contributed by atoms with E-state index < -0.39 is 0 Å². The number of hydrogen-bond acceptors (Lipinski definition) is 4. The second-order valence-electron chi connectivity index (χ2n) is 4.98. The molecule has 0 aliphatic carbocycles. The van der Waals surface area contributed by atoms with Crippen LogP contribution in [0.15, 0.2) is 35.5 Å². The van der Waals surface area contributed by atoms with Crippen LogP contribution in [0.5, 0.6) is 5.75 Å². The average molecular weight is 320 g/mol. The van der Waals surface area contributed by atoms with Crippen LogP contribution in [-0.4, -0.2) is 24.2 Å². The van der Waals surface area contributed by atoms with Gasteiger partial charge in [-0.2, -0.15) is 0 Å². The average Bonchev–Trinajstić information content (AvgIpc) is 2.51. The Labute approximate surface area is 135 Å². The first-order chi connectivity index (χ1) is 10.6. The van der Waals surface area contributed by atoms with E-state index in [1.165, 1.54) is 0 Å². The van der Waals surface area contributed by atoms with E-state index in [1.54, 1.807) is 0 Å². The van der Waals surface area contributed by atoms with Gasteiger partial charge in [0.2, 0.25) is 0 Å². The molecule has 0 aromatic heterocycles. The molecule has 1 aliphatic rings. The Kier molecular flexibility index (Phi) is 5.77. The van der Waals surface area contributed by atoms with Crippen LogP contribution in [0.25, 0.3) is 0 Å². The van der Waals surface area contributed by atoms with Crippen LogP contribution in [0.3, 0.4) is 0 Å². The van der Waals surface area contributed by atoms with Gasteiger partial charge >= 0.3 is 5.97 Å². The molecule has 1 aromatic carbocycles. The number of carbonyl (C=O) groups excluding carboxylic acids is 1. The maximum Gasteiger partial charge on any atom is 0.337 e. The summed E-state index contributed by atoms with van der Waals surface area (Å²) >= 11 is 4.99. The normalized spacial score (nSPS) is 14.2. The van der Waals surface area contributed by atoms with E-state index in [9.17, 15) is 4.79 Å². The summed E-state index contributed by atoms with van der Waals surface area (Å²) in [6, 6.07) is 7.55. The van der Waals surface area contributed by atoms with Gasteiger partial charge in [0.1, 0.15) is 12.4 Å². The first kappa shape index (κ1) is 16.3. The molecule has 5 nitrogen and oxygen atoms in total. The van der Waals surface area contributed by atoms with Crippen molar-refractivity contribution in [3.05, 3.63) is 41.1 Å². The maximum atomic E-state index is 12.1. The third-order valence-corrected chi connectivity index (χ3v) is 3.44. The first-order valence-electron chi connectivity index (χ1n) is 7.23. The summed E-state index contributed by atoms with van der Waals surface area (Å²) in [5, 5.41) is 6.36. The lowest BCUT2D eigenvalue weighted by Crippen LogP contribution is -2.42. The van der Waals surface area contributed by atoms with Crippen LogP contribution < -0.4 is 15.4 Å². The number of ether oxygens (including phenoxy) is 2. The third-order valence-electron chi connectivity index (χ3n) is 3.19. The highest BCUT2D eigenvalue weighted by molar-refractivity contribution is 7.80. The summed E-state index contributed by atoms with van der Waals surface area (Å²) in [5.41, 5.74) is 2.22. The molecule has 2 N–H and O–H groups in total. The Morgan fingerprint density at radius 3 is 2.68 bits per heavy atom. The molecule has 22 heavy (non-hydrogen) atoms. The Morgan fingerprint density at radius 2 is 2.05 bits per heavy atom. The fraction of sp³-hybridized carbons (Fsp3) is 0.375. The molecule has 0 radical (unpaired) electrons. The monoisotopic (exact) mass is 320 g/mol. The highest BCUT2D eigenvalue weighted by Gasteiger charge is 2.19. The Balaban J connectivity index is 1.88. The fourth-order valence-electron chi connectivity index (χ4n) is 1.95. The van der Waals surface area contributed by atoms with E-state index in [1.807, 2.05) is 31.2 Å². The summed E-state index contributed by atoms with van der Waals surface area (Å²) in [6.45, 7) is 5.19. The molecule has 0 saturated heterocycles. The summed E-state index contributed by atoms with van der Waals surface area (Å²) in [4.78, 5) is 12.1. The number of allylic oxidation sites excluding steroid dienone is 1. The van der Waals surface area contributed by atoms with Crippen molar-refractivity contribution in [3.8, 4) is 5.75 Å². The van der Waals surface area contributed by atoms with Gasteiger partial charge in [0.05, 0.1) is 18.7 Å². The van der Waals surface area contributed by atoms with E-state index in [4.69, 9.17) is 21.7 Å². The third kappa shape index (κ3) is 4.46. The number of carbonyl (C=O) groups is 1. The minimum atomic E-state index is -0.341. The van der Waals surface area contributed by atoms with Crippen LogP contribution in [-0.2, 0) is 16.1 Å². The van der Waals surface area contributed by atoms with Gasteiger partial charge < -0.3 is 20.1 Å². The van der Waals surface area contributed by atoms with Gasteiger partial charge in [-0.15, -0.1) is 0 Å². The van der Waals surface area contributed by atoms with Crippen molar-refractivity contribution >= 4 is 23.3 Å². The zero-order chi connectivity index (χ0) is 15.9. The van der Waals surface area contributed by atoms with Crippen molar-refractivity contribution in [2.75, 3.05) is 13.2 Å². The molecule has 1 heterocycles. The molecule has 0 unspecified atom stereocenters. The SMILES string of the molecule is CCCOc1ccc(COC(=O)C2=C(C)NC(=S)NC2)cc1. The zero-order valence-corrected chi connectivity index (χ0v) is 13.6. The molecule has 2 rings (SSSR count). The van der Waals surface area contributed by atoms with Crippen LogP contribution >= 0.6 is 12.2 Å². The molecule has 118 valence electrons. The number of rotatable bonds is 6. The molecule has 0 spiro atoms. The Morgan fingerprint density at radius 1 is 1.32 bits per heavy atom. The second-order valence-corrected chi connectivity index (χ2v) is 5.39. The second kappa shape index (κ2) is 7.79. The molecule has 1 aromatic rings. The quantitative estimate of drug-likeness (QED) is 0.619. The lowest BCUT2D eigenvalue weighted by molar-refractivity contribution is -0.140. The summed E-state index contributed by atoms with van der Waals surface area (Å²) < 4.78 is 10.8. The predicted molar refractivity (Wildman–Crippen MR) is 88.5 cm³/mol. The number of hydrogen-bond donors (Lipinski definition) is 2. The van der Waals surface area contributed by atoms with Crippen molar-refractivity contribution in [2.45, 2.75) is 26.9 Å². The number of benzene rings is 1. The van der Waals surface area contributed by atoms with E-state index >= 15 is 0 Å². The van der Waals surface area contributed by atoms with Gasteiger partial charge in [-0.1, -0.05) is 19.1 Å². The van der Waals surface area contributed by atoms with E-state index in [0.29, 0.717) is 23.8 Å². The standard InChI is InChI=1S/C16H20N2O3S/c1-3-8-20-13-6-4-12(5-7-13)10-21-15(19)14-9-17-16(22)18-11(14)2/h4-7H,3,8-10H2,1-2H3,(H2,17,18,22). The molecule has 0 saturated carbocycles. The molecular formula is C16H20N2O3S. The minimum Gasteiger partial charge on any atom is -0.494 e. The first-order valence-corrected chi connectivity index (χ1v) is 7.64. The van der Waals surface area contributed by atoms with Crippen molar-refractivity contribution in [1.82, 2.24) is 10.6 Å². The van der Waals surface area contributed by atoms with Gasteiger partial charge in [0, 0.05) is 5.70 Å². The van der Waals surface area contributed by atoms with Gasteiger partial charge in [-0.05, 0) is 43.3 Å². The van der Waals surface area contributed by atoms with Gasteiger partial charge in [-0.3, -0.25) is 0 Å². The van der Waals surface area contributed by atoms with E-state index in [-0.39, 0.29) is 12.6 Å². The summed E-state index contributed by atoms with van der Waals surface area (Å²) in [5.74, 6) is 0.482. The van der Waals surface area contributed by atoms with Crippen molar-refractivity contribution in [3.63, 3.8) is 0 Å². The molecule has 0 fully saturated rings. The van der Waals surface area contributed by atoms with Gasteiger partial charge in [0.25, 0.3) is 0 Å². The van der Waals surface area contributed by atoms with Crippen molar-refractivity contribution < 1.29 is 14.3 Å². The molecule has 1 aliphatic heterocycles. The molecule has 0 bridgehead atoms. The van der Waals surface area contributed by atoms with Crippen LogP contribution in [0, 0.1) is 0 Å². The number of esters is 1. The van der Waals surface area contributed by atoms with Crippen molar-refractivity contribution in [2.24, 2.45) is 0 Å². The van der Waals surface area contributed by atoms with Crippen LogP contribution in [0.2, 0.25) is 0 Å². The van der Waals surface area contributed by atoms with E-state index in [2.05, 4.69) is 17.6 Å². The molecule has 6 heteroatoms. The smallest absolute Gasteiger partial charge is 0.337 e. The van der Waals surface area contributed by atoms with Gasteiger partial charge in [0.15, 0.2) is 5.11 Å². The largest absolute Gasteiger partial charge is 0.494 e. The lowest BCUT2D eigenvalue weighted by atomic mass is 10.2. The topological polar surface area (TPSA) is 59.6 Å². The van der Waals surface area contributed by atoms with Crippen molar-refractivity contribution in [1.29, 1.82) is 0 Å². The highest BCUT2D eigenvalue weighted by atomic mass is 32.1. The van der Waals surface area contributed by atoms with Crippen LogP contribution in [0.1, 0.15) is 25.8 Å². The predicted octanol–water partition coefficient (Wildman–Crippen LogP) is 2.27. The highest BCUT2D eigenvalue weighted by Crippen LogP contribution is 2.14. The number of thiocarbonyl (C=S) groups is 1. The Bertz CT molecular complexity index is 582. The summed E-state index contributed by atoms with van der Waals surface area (Å²) in [6.07, 6.45) is 0.972. The molecule has 0 atom stereocenters. The lowest BCUT2D eigenvalue weighted by Gasteiger charge is -2.20. The molecular weight excluding hydrogens is 300 g/mol.